The molecule has 0 N–H and O–H groups in total. The molecule has 2 aromatic carbocycles. The van der Waals surface area contributed by atoms with E-state index in [2.05, 4.69) is 0 Å². The third-order valence-electron chi connectivity index (χ3n) is 4.20. The van der Waals surface area contributed by atoms with E-state index in [1.54, 1.807) is 24.1 Å². The Hall–Kier alpha value is -2.40. The average molecular weight is 329 g/mol. The van der Waals surface area contributed by atoms with Gasteiger partial charge in [0.2, 0.25) is 5.91 Å². The van der Waals surface area contributed by atoms with Gasteiger partial charge in [-0.2, -0.15) is 0 Å². The summed E-state index contributed by atoms with van der Waals surface area (Å²) in [6, 6.07) is 13.8. The van der Waals surface area contributed by atoms with Crippen LogP contribution in [0.15, 0.2) is 48.5 Å². The lowest BCUT2D eigenvalue weighted by molar-refractivity contribution is -0.138. The van der Waals surface area contributed by atoms with Gasteiger partial charge in [0.05, 0.1) is 26.7 Å². The molecule has 1 heterocycles. The first kappa shape index (κ1) is 16.5. The van der Waals surface area contributed by atoms with Crippen molar-refractivity contribution in [2.75, 3.05) is 26.8 Å². The van der Waals surface area contributed by atoms with Crippen LogP contribution in [-0.2, 0) is 16.0 Å². The van der Waals surface area contributed by atoms with Crippen molar-refractivity contribution < 1.29 is 18.7 Å². The molecule has 0 aliphatic carbocycles. The van der Waals surface area contributed by atoms with Crippen molar-refractivity contribution in [1.29, 1.82) is 0 Å². The Bertz CT molecular complexity index is 702. The minimum Gasteiger partial charge on any atom is -0.496 e. The first-order valence-corrected chi connectivity index (χ1v) is 7.94. The molecule has 4 nitrogen and oxygen atoms in total. The molecule has 0 aromatic heterocycles. The van der Waals surface area contributed by atoms with Crippen molar-refractivity contribution in [3.05, 3.63) is 65.5 Å². The standard InChI is InChI=1S/C19H20FNO3/c1-23-17-5-3-2-4-15(17)12-19(22)21-10-11-24-18(13-21)14-6-8-16(20)9-7-14/h2-9,18H,10-13H2,1H3. The van der Waals surface area contributed by atoms with Crippen LogP contribution in [0, 0.1) is 5.82 Å². The highest BCUT2D eigenvalue weighted by molar-refractivity contribution is 5.79. The molecule has 0 bridgehead atoms. The number of benzene rings is 2. The second kappa shape index (κ2) is 7.45. The monoisotopic (exact) mass is 329 g/mol. The fourth-order valence-electron chi connectivity index (χ4n) is 2.88. The van der Waals surface area contributed by atoms with Gasteiger partial charge in [-0.05, 0) is 23.8 Å². The molecule has 1 aliphatic rings. The Kier molecular flexibility index (Phi) is 5.11. The minimum atomic E-state index is -0.279. The molecule has 2 aromatic rings. The molecule has 5 heteroatoms. The zero-order chi connectivity index (χ0) is 16.9. The average Bonchev–Trinajstić information content (AvgIpc) is 2.63. The molecule has 0 spiro atoms. The van der Waals surface area contributed by atoms with Crippen LogP contribution in [0.5, 0.6) is 5.75 Å². The largest absolute Gasteiger partial charge is 0.496 e. The van der Waals surface area contributed by atoms with E-state index in [-0.39, 0.29) is 17.8 Å². The lowest BCUT2D eigenvalue weighted by atomic mass is 10.1. The quantitative estimate of drug-likeness (QED) is 0.866. The van der Waals surface area contributed by atoms with Crippen molar-refractivity contribution in [2.45, 2.75) is 12.5 Å². The van der Waals surface area contributed by atoms with E-state index in [0.29, 0.717) is 31.9 Å². The van der Waals surface area contributed by atoms with Crippen molar-refractivity contribution >= 4 is 5.91 Å². The first-order valence-electron chi connectivity index (χ1n) is 7.94. The van der Waals surface area contributed by atoms with Crippen LogP contribution in [0.4, 0.5) is 4.39 Å². The highest BCUT2D eigenvalue weighted by atomic mass is 19.1. The molecule has 24 heavy (non-hydrogen) atoms. The van der Waals surface area contributed by atoms with E-state index >= 15 is 0 Å². The molecular formula is C19H20FNO3. The summed E-state index contributed by atoms with van der Waals surface area (Å²) in [5.74, 6) is 0.475. The molecular weight excluding hydrogens is 309 g/mol. The number of halogens is 1. The molecule has 3 rings (SSSR count). The van der Waals surface area contributed by atoms with Gasteiger partial charge in [0.15, 0.2) is 0 Å². The van der Waals surface area contributed by atoms with E-state index in [1.165, 1.54) is 12.1 Å². The van der Waals surface area contributed by atoms with Crippen LogP contribution in [0.1, 0.15) is 17.2 Å². The lowest BCUT2D eigenvalue weighted by Gasteiger charge is -2.33. The second-order valence-corrected chi connectivity index (χ2v) is 5.74. The third-order valence-corrected chi connectivity index (χ3v) is 4.20. The summed E-state index contributed by atoms with van der Waals surface area (Å²) in [6.45, 7) is 1.50. The number of carbonyl (C=O) groups is 1. The van der Waals surface area contributed by atoms with Crippen LogP contribution in [0.25, 0.3) is 0 Å². The van der Waals surface area contributed by atoms with Gasteiger partial charge in [-0.1, -0.05) is 30.3 Å². The zero-order valence-electron chi connectivity index (χ0n) is 13.6. The molecule has 1 atom stereocenters. The maximum Gasteiger partial charge on any atom is 0.227 e. The van der Waals surface area contributed by atoms with E-state index in [1.807, 2.05) is 24.3 Å². The smallest absolute Gasteiger partial charge is 0.227 e. The van der Waals surface area contributed by atoms with Gasteiger partial charge in [0, 0.05) is 12.1 Å². The Balaban J connectivity index is 1.68. The van der Waals surface area contributed by atoms with Gasteiger partial charge in [-0.25, -0.2) is 4.39 Å². The van der Waals surface area contributed by atoms with Crippen LogP contribution in [-0.4, -0.2) is 37.6 Å². The highest BCUT2D eigenvalue weighted by Gasteiger charge is 2.25. The minimum absolute atomic E-state index is 0.0370. The highest BCUT2D eigenvalue weighted by Crippen LogP contribution is 2.24. The number of morpholine rings is 1. The maximum atomic E-state index is 13.1. The number of amides is 1. The van der Waals surface area contributed by atoms with E-state index in [9.17, 15) is 9.18 Å². The van der Waals surface area contributed by atoms with Crippen LogP contribution >= 0.6 is 0 Å². The van der Waals surface area contributed by atoms with Crippen molar-refractivity contribution in [1.82, 2.24) is 4.90 Å². The molecule has 1 aliphatic heterocycles. The predicted octanol–water partition coefficient (Wildman–Crippen LogP) is 2.98. The van der Waals surface area contributed by atoms with Gasteiger partial charge >= 0.3 is 0 Å². The van der Waals surface area contributed by atoms with Crippen molar-refractivity contribution in [3.8, 4) is 5.75 Å². The molecule has 0 radical (unpaired) electrons. The van der Waals surface area contributed by atoms with Gasteiger partial charge < -0.3 is 14.4 Å². The van der Waals surface area contributed by atoms with Gasteiger partial charge in [-0.3, -0.25) is 4.79 Å². The Morgan fingerprint density at radius 2 is 2.00 bits per heavy atom. The van der Waals surface area contributed by atoms with Crippen LogP contribution in [0.2, 0.25) is 0 Å². The molecule has 0 saturated carbocycles. The fourth-order valence-corrected chi connectivity index (χ4v) is 2.88. The number of carbonyl (C=O) groups excluding carboxylic acids is 1. The van der Waals surface area contributed by atoms with Gasteiger partial charge in [0.1, 0.15) is 17.7 Å². The summed E-state index contributed by atoms with van der Waals surface area (Å²) in [5, 5.41) is 0. The number of rotatable bonds is 4. The number of ether oxygens (including phenoxy) is 2. The van der Waals surface area contributed by atoms with E-state index < -0.39 is 0 Å². The van der Waals surface area contributed by atoms with Crippen molar-refractivity contribution in [3.63, 3.8) is 0 Å². The van der Waals surface area contributed by atoms with E-state index in [4.69, 9.17) is 9.47 Å². The normalized spacial score (nSPS) is 17.6. The molecule has 1 saturated heterocycles. The number of nitrogens with zero attached hydrogens (tertiary/aromatic N) is 1. The van der Waals surface area contributed by atoms with E-state index in [0.717, 1.165) is 11.1 Å². The predicted molar refractivity (Wildman–Crippen MR) is 88.4 cm³/mol. The summed E-state index contributed by atoms with van der Waals surface area (Å²) >= 11 is 0. The lowest BCUT2D eigenvalue weighted by Crippen LogP contribution is -2.43. The zero-order valence-corrected chi connectivity index (χ0v) is 13.6. The number of methoxy groups -OCH3 is 1. The SMILES string of the molecule is COc1ccccc1CC(=O)N1CCOC(c2ccc(F)cc2)C1. The number of hydrogen-bond acceptors (Lipinski definition) is 3. The summed E-state index contributed by atoms with van der Waals surface area (Å²) in [5.41, 5.74) is 1.75. The molecule has 126 valence electrons. The van der Waals surface area contributed by atoms with Gasteiger partial charge in [0.25, 0.3) is 0 Å². The Morgan fingerprint density at radius 3 is 2.75 bits per heavy atom. The van der Waals surface area contributed by atoms with Gasteiger partial charge in [-0.15, -0.1) is 0 Å². The topological polar surface area (TPSA) is 38.8 Å². The third kappa shape index (κ3) is 3.74. The fraction of sp³-hybridized carbons (Fsp3) is 0.316. The Morgan fingerprint density at radius 1 is 1.25 bits per heavy atom. The van der Waals surface area contributed by atoms with Crippen LogP contribution in [0.3, 0.4) is 0 Å². The molecule has 1 unspecified atom stereocenters. The number of hydrogen-bond donors (Lipinski definition) is 0. The Labute approximate surface area is 140 Å². The molecule has 1 amide bonds. The summed E-state index contributed by atoms with van der Waals surface area (Å²) in [6.07, 6.45) is 0.0705. The van der Waals surface area contributed by atoms with Crippen molar-refractivity contribution in [2.24, 2.45) is 0 Å². The maximum absolute atomic E-state index is 13.1. The summed E-state index contributed by atoms with van der Waals surface area (Å²) in [4.78, 5) is 14.4. The first-order chi connectivity index (χ1) is 11.7. The molecule has 1 fully saturated rings. The summed E-state index contributed by atoms with van der Waals surface area (Å²) in [7, 11) is 1.60. The second-order valence-electron chi connectivity index (χ2n) is 5.74. The summed E-state index contributed by atoms with van der Waals surface area (Å²) < 4.78 is 24.1. The number of para-hydroxylation sites is 1. The van der Waals surface area contributed by atoms with Crippen LogP contribution < -0.4 is 4.74 Å².